The van der Waals surface area contributed by atoms with Crippen LogP contribution >= 0.6 is 0 Å². The van der Waals surface area contributed by atoms with Crippen LogP contribution in [0, 0.1) is 0 Å². The summed E-state index contributed by atoms with van der Waals surface area (Å²) in [5, 5.41) is 7.09. The summed E-state index contributed by atoms with van der Waals surface area (Å²) in [5.74, 6) is 1.80. The number of hydrogen-bond donors (Lipinski definition) is 2. The maximum Gasteiger partial charge on any atom is 0.227 e. The minimum Gasteiger partial charge on any atom is -0.373 e. The van der Waals surface area contributed by atoms with Crippen LogP contribution in [0.4, 0.5) is 11.8 Å². The average Bonchev–Trinajstić information content (AvgIpc) is 3.17. The zero-order chi connectivity index (χ0) is 15.9. The van der Waals surface area contributed by atoms with Crippen LogP contribution in [-0.4, -0.2) is 48.9 Å². The number of rotatable bonds is 3. The van der Waals surface area contributed by atoms with E-state index in [1.807, 2.05) is 19.0 Å². The van der Waals surface area contributed by atoms with Gasteiger partial charge in [0.05, 0.1) is 23.9 Å². The standard InChI is InChI=1S/C17H27N5O/c1-22(2)16-20-14-10-18-8-5-13(14)15(21-16)19-12-9-17(23-11-12)6-3-4-7-17/h12,18H,3-11H2,1-2H3,(H,19,20,21)/t12-/m0/s1. The van der Waals surface area contributed by atoms with Crippen molar-refractivity contribution in [1.29, 1.82) is 0 Å². The molecule has 1 saturated heterocycles. The zero-order valence-electron chi connectivity index (χ0n) is 14.2. The lowest BCUT2D eigenvalue weighted by molar-refractivity contribution is 0.0103. The van der Waals surface area contributed by atoms with Crippen molar-refractivity contribution in [1.82, 2.24) is 15.3 Å². The minimum atomic E-state index is 0.149. The molecule has 6 heteroatoms. The molecule has 3 heterocycles. The van der Waals surface area contributed by atoms with E-state index in [4.69, 9.17) is 14.7 Å². The van der Waals surface area contributed by atoms with E-state index in [2.05, 4.69) is 10.6 Å². The van der Waals surface area contributed by atoms with E-state index in [9.17, 15) is 0 Å². The van der Waals surface area contributed by atoms with Crippen LogP contribution in [0.15, 0.2) is 0 Å². The maximum atomic E-state index is 6.18. The smallest absolute Gasteiger partial charge is 0.227 e. The molecule has 0 aromatic carbocycles. The summed E-state index contributed by atoms with van der Waals surface area (Å²) in [5.41, 5.74) is 2.56. The van der Waals surface area contributed by atoms with Gasteiger partial charge in [0.25, 0.3) is 0 Å². The molecule has 6 nitrogen and oxygen atoms in total. The van der Waals surface area contributed by atoms with E-state index in [0.29, 0.717) is 6.04 Å². The van der Waals surface area contributed by atoms with Gasteiger partial charge >= 0.3 is 0 Å². The van der Waals surface area contributed by atoms with Crippen LogP contribution in [0.2, 0.25) is 0 Å². The molecule has 1 aromatic rings. The molecule has 1 aromatic heterocycles. The second-order valence-corrected chi connectivity index (χ2v) is 7.37. The Kier molecular flexibility index (Phi) is 3.89. The molecule has 1 atom stereocenters. The summed E-state index contributed by atoms with van der Waals surface area (Å²) in [6.07, 6.45) is 7.17. The number of nitrogens with one attached hydrogen (secondary N) is 2. The molecule has 0 radical (unpaired) electrons. The van der Waals surface area contributed by atoms with Crippen molar-refractivity contribution < 1.29 is 4.74 Å². The van der Waals surface area contributed by atoms with Crippen molar-refractivity contribution in [2.45, 2.75) is 56.7 Å². The summed E-state index contributed by atoms with van der Waals surface area (Å²) in [7, 11) is 3.99. The van der Waals surface area contributed by atoms with E-state index in [1.165, 1.54) is 31.2 Å². The number of fused-ring (bicyclic) bond motifs is 1. The second kappa shape index (κ2) is 5.91. The largest absolute Gasteiger partial charge is 0.373 e. The lowest BCUT2D eigenvalue weighted by Crippen LogP contribution is -2.30. The van der Waals surface area contributed by atoms with Gasteiger partial charge in [-0.05, 0) is 32.2 Å². The highest BCUT2D eigenvalue weighted by atomic mass is 16.5. The number of nitrogens with zero attached hydrogens (tertiary/aromatic N) is 3. The van der Waals surface area contributed by atoms with Crippen LogP contribution in [0.1, 0.15) is 43.4 Å². The van der Waals surface area contributed by atoms with E-state index in [1.54, 1.807) is 0 Å². The van der Waals surface area contributed by atoms with E-state index in [0.717, 1.165) is 50.0 Å². The van der Waals surface area contributed by atoms with Crippen molar-refractivity contribution in [3.05, 3.63) is 11.3 Å². The Labute approximate surface area is 138 Å². The first-order valence-corrected chi connectivity index (χ1v) is 8.84. The van der Waals surface area contributed by atoms with Gasteiger partial charge in [0.15, 0.2) is 0 Å². The summed E-state index contributed by atoms with van der Waals surface area (Å²) in [6, 6.07) is 0.372. The van der Waals surface area contributed by atoms with Gasteiger partial charge in [-0.3, -0.25) is 0 Å². The third kappa shape index (κ3) is 2.90. The fourth-order valence-electron chi connectivity index (χ4n) is 4.16. The van der Waals surface area contributed by atoms with Gasteiger partial charge in [0.2, 0.25) is 5.95 Å². The Balaban J connectivity index is 1.57. The first kappa shape index (κ1) is 15.1. The first-order chi connectivity index (χ1) is 11.2. The first-order valence-electron chi connectivity index (χ1n) is 8.84. The average molecular weight is 317 g/mol. The normalized spacial score (nSPS) is 25.6. The molecule has 23 heavy (non-hydrogen) atoms. The maximum absolute atomic E-state index is 6.18. The number of aromatic nitrogens is 2. The summed E-state index contributed by atoms with van der Waals surface area (Å²) in [4.78, 5) is 11.5. The van der Waals surface area contributed by atoms with Gasteiger partial charge in [0, 0.05) is 26.2 Å². The molecule has 0 amide bonds. The van der Waals surface area contributed by atoms with Gasteiger partial charge in [-0.2, -0.15) is 4.98 Å². The molecule has 1 aliphatic carbocycles. The Hall–Kier alpha value is -1.40. The van der Waals surface area contributed by atoms with Crippen molar-refractivity contribution >= 4 is 11.8 Å². The molecular formula is C17H27N5O. The molecule has 126 valence electrons. The molecule has 2 fully saturated rings. The minimum absolute atomic E-state index is 0.149. The topological polar surface area (TPSA) is 62.3 Å². The van der Waals surface area contributed by atoms with E-state index in [-0.39, 0.29) is 5.60 Å². The Morgan fingerprint density at radius 2 is 2.09 bits per heavy atom. The van der Waals surface area contributed by atoms with Crippen LogP contribution in [0.3, 0.4) is 0 Å². The Bertz CT molecular complexity index is 583. The van der Waals surface area contributed by atoms with Crippen molar-refractivity contribution in [2.75, 3.05) is 37.5 Å². The number of ether oxygens (including phenoxy) is 1. The van der Waals surface area contributed by atoms with E-state index < -0.39 is 0 Å². The summed E-state index contributed by atoms with van der Waals surface area (Å²) >= 11 is 0. The van der Waals surface area contributed by atoms with Gasteiger partial charge in [0.1, 0.15) is 5.82 Å². The highest BCUT2D eigenvalue weighted by Gasteiger charge is 2.42. The van der Waals surface area contributed by atoms with Crippen molar-refractivity contribution in [3.8, 4) is 0 Å². The highest BCUT2D eigenvalue weighted by Crippen LogP contribution is 2.41. The highest BCUT2D eigenvalue weighted by molar-refractivity contribution is 5.52. The molecule has 0 bridgehead atoms. The molecule has 0 unspecified atom stereocenters. The molecule has 1 saturated carbocycles. The van der Waals surface area contributed by atoms with Gasteiger partial charge < -0.3 is 20.3 Å². The lowest BCUT2D eigenvalue weighted by atomic mass is 9.96. The van der Waals surface area contributed by atoms with Crippen molar-refractivity contribution in [2.24, 2.45) is 0 Å². The predicted molar refractivity (Wildman–Crippen MR) is 90.9 cm³/mol. The molecule has 2 N–H and O–H groups in total. The predicted octanol–water partition coefficient (Wildman–Crippen LogP) is 1.70. The van der Waals surface area contributed by atoms with Gasteiger partial charge in [-0.25, -0.2) is 4.98 Å². The molecule has 3 aliphatic rings. The van der Waals surface area contributed by atoms with Crippen LogP contribution in [-0.2, 0) is 17.7 Å². The van der Waals surface area contributed by atoms with Crippen LogP contribution in [0.25, 0.3) is 0 Å². The monoisotopic (exact) mass is 317 g/mol. The third-order valence-corrected chi connectivity index (χ3v) is 5.39. The Morgan fingerprint density at radius 3 is 2.87 bits per heavy atom. The van der Waals surface area contributed by atoms with Gasteiger partial charge in [-0.15, -0.1) is 0 Å². The van der Waals surface area contributed by atoms with E-state index >= 15 is 0 Å². The molecule has 2 aliphatic heterocycles. The second-order valence-electron chi connectivity index (χ2n) is 7.37. The fraction of sp³-hybridized carbons (Fsp3) is 0.765. The van der Waals surface area contributed by atoms with Crippen molar-refractivity contribution in [3.63, 3.8) is 0 Å². The molecule has 4 rings (SSSR count). The zero-order valence-corrected chi connectivity index (χ0v) is 14.2. The van der Waals surface area contributed by atoms with Crippen LogP contribution < -0.4 is 15.5 Å². The number of anilines is 2. The third-order valence-electron chi connectivity index (χ3n) is 5.39. The Morgan fingerprint density at radius 1 is 1.26 bits per heavy atom. The number of hydrogen-bond acceptors (Lipinski definition) is 6. The van der Waals surface area contributed by atoms with Crippen LogP contribution in [0.5, 0.6) is 0 Å². The summed E-state index contributed by atoms with van der Waals surface area (Å²) < 4.78 is 6.18. The lowest BCUT2D eigenvalue weighted by Gasteiger charge is -2.24. The quantitative estimate of drug-likeness (QED) is 0.885. The molecular weight excluding hydrogens is 290 g/mol. The summed E-state index contributed by atoms with van der Waals surface area (Å²) in [6.45, 7) is 2.63. The SMILES string of the molecule is CN(C)c1nc2c(c(N[C@@H]3COC4(CCCC4)C3)n1)CCNC2. The molecule has 1 spiro atoms. The fourth-order valence-corrected chi connectivity index (χ4v) is 4.16. The van der Waals surface area contributed by atoms with Gasteiger partial charge in [-0.1, -0.05) is 12.8 Å².